The SMILES string of the molecule is CCOc1cccc(C(=O)N(Cc2ccc(N3CCCCC3)o2)C2CCS(=O)(=O)C2)c1. The molecule has 4 rings (SSSR count). The van der Waals surface area contributed by atoms with Gasteiger partial charge in [-0.05, 0) is 56.9 Å². The summed E-state index contributed by atoms with van der Waals surface area (Å²) in [5, 5.41) is 0. The van der Waals surface area contributed by atoms with Crippen molar-refractivity contribution in [3.63, 3.8) is 0 Å². The van der Waals surface area contributed by atoms with E-state index in [9.17, 15) is 13.2 Å². The minimum absolute atomic E-state index is 0.0103. The van der Waals surface area contributed by atoms with E-state index in [2.05, 4.69) is 4.90 Å². The lowest BCUT2D eigenvalue weighted by molar-refractivity contribution is 0.0666. The largest absolute Gasteiger partial charge is 0.494 e. The van der Waals surface area contributed by atoms with Crippen LogP contribution in [0.2, 0.25) is 0 Å². The molecule has 2 aliphatic heterocycles. The van der Waals surface area contributed by atoms with Crippen molar-refractivity contribution in [2.24, 2.45) is 0 Å². The van der Waals surface area contributed by atoms with Crippen molar-refractivity contribution in [1.29, 1.82) is 0 Å². The van der Waals surface area contributed by atoms with Crippen LogP contribution in [-0.2, 0) is 16.4 Å². The third-order valence-corrected chi connectivity index (χ3v) is 7.69. The maximum Gasteiger partial charge on any atom is 0.254 e. The van der Waals surface area contributed by atoms with E-state index in [0.717, 1.165) is 31.8 Å². The first kappa shape index (κ1) is 21.7. The fraction of sp³-hybridized carbons (Fsp3) is 0.522. The van der Waals surface area contributed by atoms with Gasteiger partial charge >= 0.3 is 0 Å². The van der Waals surface area contributed by atoms with Crippen molar-refractivity contribution < 1.29 is 22.4 Å². The minimum atomic E-state index is -3.13. The second-order valence-corrected chi connectivity index (χ2v) is 10.5. The molecule has 1 aromatic carbocycles. The normalized spacial score (nSPS) is 20.5. The Morgan fingerprint density at radius 3 is 2.71 bits per heavy atom. The fourth-order valence-electron chi connectivity index (χ4n) is 4.34. The van der Waals surface area contributed by atoms with Crippen LogP contribution in [0.1, 0.15) is 48.7 Å². The summed E-state index contributed by atoms with van der Waals surface area (Å²) < 4.78 is 35.8. The first-order valence-corrected chi connectivity index (χ1v) is 12.9. The average molecular weight is 447 g/mol. The van der Waals surface area contributed by atoms with Crippen LogP contribution in [0.5, 0.6) is 5.75 Å². The molecule has 2 saturated heterocycles. The highest BCUT2D eigenvalue weighted by molar-refractivity contribution is 7.91. The third kappa shape index (κ3) is 5.23. The summed E-state index contributed by atoms with van der Waals surface area (Å²) in [6.07, 6.45) is 3.98. The molecule has 2 aliphatic rings. The lowest BCUT2D eigenvalue weighted by Gasteiger charge is -2.28. The second kappa shape index (κ2) is 9.34. The number of sulfone groups is 1. The molecule has 0 saturated carbocycles. The van der Waals surface area contributed by atoms with E-state index in [4.69, 9.17) is 9.15 Å². The van der Waals surface area contributed by atoms with E-state index < -0.39 is 9.84 Å². The summed E-state index contributed by atoms with van der Waals surface area (Å²) in [7, 11) is -3.13. The summed E-state index contributed by atoms with van der Waals surface area (Å²) in [5.41, 5.74) is 0.484. The molecule has 31 heavy (non-hydrogen) atoms. The topological polar surface area (TPSA) is 80.1 Å². The van der Waals surface area contributed by atoms with Gasteiger partial charge < -0.3 is 19.0 Å². The van der Waals surface area contributed by atoms with Gasteiger partial charge in [-0.3, -0.25) is 4.79 Å². The number of nitrogens with zero attached hydrogens (tertiary/aromatic N) is 2. The van der Waals surface area contributed by atoms with Gasteiger partial charge in [0, 0.05) is 30.8 Å². The number of benzene rings is 1. The molecule has 7 nitrogen and oxygen atoms in total. The van der Waals surface area contributed by atoms with Crippen LogP contribution >= 0.6 is 0 Å². The van der Waals surface area contributed by atoms with Crippen molar-refractivity contribution in [3.05, 3.63) is 47.7 Å². The highest BCUT2D eigenvalue weighted by Crippen LogP contribution is 2.27. The molecule has 0 radical (unpaired) electrons. The summed E-state index contributed by atoms with van der Waals surface area (Å²) in [6, 6.07) is 10.5. The Morgan fingerprint density at radius 1 is 1.19 bits per heavy atom. The molecule has 3 heterocycles. The zero-order chi connectivity index (χ0) is 21.8. The van der Waals surface area contributed by atoms with E-state index in [0.29, 0.717) is 30.1 Å². The van der Waals surface area contributed by atoms with Gasteiger partial charge in [-0.1, -0.05) is 6.07 Å². The molecule has 2 fully saturated rings. The molecule has 8 heteroatoms. The number of carbonyl (C=O) groups excluding carboxylic acids is 1. The Morgan fingerprint density at radius 2 is 2.00 bits per heavy atom. The van der Waals surface area contributed by atoms with Crippen LogP contribution < -0.4 is 9.64 Å². The molecule has 0 bridgehead atoms. The first-order valence-electron chi connectivity index (χ1n) is 11.0. The van der Waals surface area contributed by atoms with Crippen LogP contribution in [0, 0.1) is 0 Å². The molecule has 2 aromatic rings. The molecule has 168 valence electrons. The maximum absolute atomic E-state index is 13.4. The summed E-state index contributed by atoms with van der Waals surface area (Å²) in [6.45, 7) is 4.59. The second-order valence-electron chi connectivity index (χ2n) is 8.24. The van der Waals surface area contributed by atoms with Gasteiger partial charge in [0.1, 0.15) is 11.5 Å². The van der Waals surface area contributed by atoms with Gasteiger partial charge in [0.2, 0.25) is 0 Å². The molecule has 1 atom stereocenters. The molecule has 0 N–H and O–H groups in total. The van der Waals surface area contributed by atoms with Gasteiger partial charge in [-0.2, -0.15) is 0 Å². The number of hydrogen-bond acceptors (Lipinski definition) is 6. The molecule has 0 aliphatic carbocycles. The van der Waals surface area contributed by atoms with Crippen molar-refractivity contribution in [2.45, 2.75) is 45.2 Å². The third-order valence-electron chi connectivity index (χ3n) is 5.94. The number of rotatable bonds is 7. The minimum Gasteiger partial charge on any atom is -0.494 e. The zero-order valence-electron chi connectivity index (χ0n) is 18.0. The maximum atomic E-state index is 13.4. The molecule has 1 aromatic heterocycles. The standard InChI is InChI=1S/C23H30N2O5S/c1-2-29-20-8-6-7-18(15-20)23(26)25(19-11-14-31(27,28)17-19)16-21-9-10-22(30-21)24-12-4-3-5-13-24/h6-10,15,19H,2-5,11-14,16-17H2,1H3. The lowest BCUT2D eigenvalue weighted by atomic mass is 10.1. The van der Waals surface area contributed by atoms with Gasteiger partial charge in [0.15, 0.2) is 15.7 Å². The van der Waals surface area contributed by atoms with Crippen LogP contribution in [-0.4, -0.2) is 56.5 Å². The number of piperidine rings is 1. The highest BCUT2D eigenvalue weighted by atomic mass is 32.2. The van der Waals surface area contributed by atoms with Crippen LogP contribution in [0.15, 0.2) is 40.8 Å². The average Bonchev–Trinajstić information content (AvgIpc) is 3.39. The van der Waals surface area contributed by atoms with Gasteiger partial charge in [0.05, 0.1) is 24.7 Å². The van der Waals surface area contributed by atoms with E-state index in [1.807, 2.05) is 25.1 Å². The Balaban J connectivity index is 1.57. The Bertz CT molecular complexity index is 1010. The van der Waals surface area contributed by atoms with Crippen molar-refractivity contribution in [1.82, 2.24) is 4.90 Å². The van der Waals surface area contributed by atoms with E-state index in [1.165, 1.54) is 6.42 Å². The monoisotopic (exact) mass is 446 g/mol. The number of anilines is 1. The van der Waals surface area contributed by atoms with Crippen molar-refractivity contribution in [3.8, 4) is 5.75 Å². The van der Waals surface area contributed by atoms with Crippen LogP contribution in [0.3, 0.4) is 0 Å². The van der Waals surface area contributed by atoms with Crippen LogP contribution in [0.4, 0.5) is 5.88 Å². The smallest absolute Gasteiger partial charge is 0.254 e. The van der Waals surface area contributed by atoms with Crippen molar-refractivity contribution >= 4 is 21.6 Å². The Kier molecular flexibility index (Phi) is 6.55. The fourth-order valence-corrected chi connectivity index (χ4v) is 6.07. The van der Waals surface area contributed by atoms with Gasteiger partial charge in [-0.25, -0.2) is 8.42 Å². The molecular weight excluding hydrogens is 416 g/mol. The van der Waals surface area contributed by atoms with Gasteiger partial charge in [-0.15, -0.1) is 0 Å². The predicted molar refractivity (Wildman–Crippen MR) is 119 cm³/mol. The first-order chi connectivity index (χ1) is 14.9. The van der Waals surface area contributed by atoms with E-state index >= 15 is 0 Å². The quantitative estimate of drug-likeness (QED) is 0.648. The van der Waals surface area contributed by atoms with Crippen LogP contribution in [0.25, 0.3) is 0 Å². The predicted octanol–water partition coefficient (Wildman–Crippen LogP) is 3.50. The summed E-state index contributed by atoms with van der Waals surface area (Å²) in [4.78, 5) is 17.3. The summed E-state index contributed by atoms with van der Waals surface area (Å²) in [5.74, 6) is 2.00. The highest BCUT2D eigenvalue weighted by Gasteiger charge is 2.35. The molecule has 1 unspecified atom stereocenters. The Labute approximate surface area is 183 Å². The lowest BCUT2D eigenvalue weighted by Crippen LogP contribution is -2.40. The number of furan rings is 1. The molecule has 0 spiro atoms. The number of amides is 1. The molecular formula is C23H30N2O5S. The van der Waals surface area contributed by atoms with Crippen molar-refractivity contribution in [2.75, 3.05) is 36.1 Å². The van der Waals surface area contributed by atoms with Gasteiger partial charge in [0.25, 0.3) is 5.91 Å². The van der Waals surface area contributed by atoms with E-state index in [1.54, 1.807) is 23.1 Å². The number of ether oxygens (including phenoxy) is 1. The molecule has 1 amide bonds. The zero-order valence-corrected chi connectivity index (χ0v) is 18.8. The number of carbonyl (C=O) groups is 1. The number of hydrogen-bond donors (Lipinski definition) is 0. The summed E-state index contributed by atoms with van der Waals surface area (Å²) >= 11 is 0. The van der Waals surface area contributed by atoms with E-state index in [-0.39, 0.29) is 30.0 Å². The Hall–Kier alpha value is -2.48.